The van der Waals surface area contributed by atoms with Crippen LogP contribution in [0.5, 0.6) is 0 Å². The molecule has 2 saturated heterocycles. The molecule has 0 unspecified atom stereocenters. The van der Waals surface area contributed by atoms with Crippen LogP contribution < -0.4 is 4.90 Å². The molecule has 2 fully saturated rings. The molecule has 29 heavy (non-hydrogen) atoms. The van der Waals surface area contributed by atoms with Crippen LogP contribution in [0, 0.1) is 11.8 Å². The van der Waals surface area contributed by atoms with Gasteiger partial charge < -0.3 is 20.0 Å². The van der Waals surface area contributed by atoms with Gasteiger partial charge in [0.05, 0.1) is 5.69 Å². The summed E-state index contributed by atoms with van der Waals surface area (Å²) in [4.78, 5) is 23.9. The molecule has 152 valence electrons. The number of aromatic nitrogens is 2. The topological polar surface area (TPSA) is 107 Å². The maximum absolute atomic E-state index is 9.55. The molecule has 8 nitrogen and oxygen atoms in total. The van der Waals surface area contributed by atoms with Crippen molar-refractivity contribution in [3.63, 3.8) is 0 Å². The fourth-order valence-corrected chi connectivity index (χ4v) is 3.81. The van der Waals surface area contributed by atoms with Crippen molar-refractivity contribution in [1.82, 2.24) is 15.1 Å². The smallest absolute Gasteiger partial charge is 0.328 e. The third-order valence-corrected chi connectivity index (χ3v) is 5.08. The number of rotatable bonds is 4. The maximum Gasteiger partial charge on any atom is 0.328 e. The largest absolute Gasteiger partial charge is 0.478 e. The van der Waals surface area contributed by atoms with E-state index in [-0.39, 0.29) is 0 Å². The summed E-state index contributed by atoms with van der Waals surface area (Å²) in [7, 11) is 2.22. The van der Waals surface area contributed by atoms with E-state index in [1.54, 1.807) is 0 Å². The molecule has 1 aromatic carbocycles. The molecule has 2 aromatic rings. The average molecular weight is 396 g/mol. The Morgan fingerprint density at radius 3 is 1.97 bits per heavy atom. The van der Waals surface area contributed by atoms with Gasteiger partial charge in [0.25, 0.3) is 0 Å². The van der Waals surface area contributed by atoms with Gasteiger partial charge in [-0.05, 0) is 31.0 Å². The second-order valence-corrected chi connectivity index (χ2v) is 7.30. The molecule has 2 N–H and O–H groups in total. The minimum Gasteiger partial charge on any atom is -0.478 e. The SMILES string of the molecule is CN1C[C@@H]2CN(c3ccc(-c4ccccc4)nn3)C[C@@H]2C1.O=C(O)/C=C/C(=O)O. The molecule has 4 rings (SSSR count). The van der Waals surface area contributed by atoms with E-state index in [0.29, 0.717) is 12.2 Å². The highest BCUT2D eigenvalue weighted by Crippen LogP contribution is 2.32. The van der Waals surface area contributed by atoms with Gasteiger partial charge in [0, 0.05) is 43.9 Å². The summed E-state index contributed by atoms with van der Waals surface area (Å²) in [5.74, 6) is 0.0998. The number of nitrogens with zero attached hydrogens (tertiary/aromatic N) is 4. The average Bonchev–Trinajstić information content (AvgIpc) is 3.25. The number of fused-ring (bicyclic) bond motifs is 1. The van der Waals surface area contributed by atoms with Gasteiger partial charge in [0.1, 0.15) is 0 Å². The predicted octanol–water partition coefficient (Wildman–Crippen LogP) is 1.85. The van der Waals surface area contributed by atoms with Gasteiger partial charge in [-0.1, -0.05) is 30.3 Å². The van der Waals surface area contributed by atoms with E-state index in [2.05, 4.69) is 51.3 Å². The molecule has 2 aliphatic heterocycles. The van der Waals surface area contributed by atoms with Gasteiger partial charge in [0.15, 0.2) is 5.82 Å². The number of carbonyl (C=O) groups is 2. The summed E-state index contributed by atoms with van der Waals surface area (Å²) in [5, 5.41) is 24.5. The molecule has 8 heteroatoms. The molecule has 0 spiro atoms. The number of carboxylic acids is 2. The Morgan fingerprint density at radius 1 is 0.897 bits per heavy atom. The van der Waals surface area contributed by atoms with E-state index < -0.39 is 11.9 Å². The number of benzene rings is 1. The highest BCUT2D eigenvalue weighted by Gasteiger charge is 2.39. The number of hydrogen-bond acceptors (Lipinski definition) is 6. The van der Waals surface area contributed by atoms with Crippen molar-refractivity contribution < 1.29 is 19.8 Å². The van der Waals surface area contributed by atoms with E-state index in [9.17, 15) is 9.59 Å². The fraction of sp³-hybridized carbons (Fsp3) is 0.333. The normalized spacial score (nSPS) is 20.9. The van der Waals surface area contributed by atoms with Crippen molar-refractivity contribution in [2.24, 2.45) is 11.8 Å². The van der Waals surface area contributed by atoms with Crippen LogP contribution in [0.25, 0.3) is 11.3 Å². The van der Waals surface area contributed by atoms with Gasteiger partial charge in [-0.15, -0.1) is 10.2 Å². The summed E-state index contributed by atoms with van der Waals surface area (Å²) in [6.45, 7) is 4.68. The van der Waals surface area contributed by atoms with E-state index in [0.717, 1.165) is 42.0 Å². The minimum absolute atomic E-state index is 0.558. The Hall–Kier alpha value is -3.26. The zero-order chi connectivity index (χ0) is 20.8. The van der Waals surface area contributed by atoms with Gasteiger partial charge in [-0.3, -0.25) is 0 Å². The van der Waals surface area contributed by atoms with E-state index in [4.69, 9.17) is 10.2 Å². The first-order valence-corrected chi connectivity index (χ1v) is 9.39. The van der Waals surface area contributed by atoms with Crippen LogP contribution in [-0.4, -0.2) is 70.5 Å². The van der Waals surface area contributed by atoms with Crippen molar-refractivity contribution in [3.05, 3.63) is 54.6 Å². The van der Waals surface area contributed by atoms with Gasteiger partial charge in [-0.2, -0.15) is 0 Å². The van der Waals surface area contributed by atoms with Crippen LogP contribution >= 0.6 is 0 Å². The molecule has 2 atom stereocenters. The Kier molecular flexibility index (Phi) is 6.56. The van der Waals surface area contributed by atoms with Crippen LogP contribution in [0.15, 0.2) is 54.6 Å². The summed E-state index contributed by atoms with van der Waals surface area (Å²) in [6, 6.07) is 14.4. The lowest BCUT2D eigenvalue weighted by Gasteiger charge is -2.19. The Morgan fingerprint density at radius 2 is 1.48 bits per heavy atom. The molecule has 1 aromatic heterocycles. The zero-order valence-electron chi connectivity index (χ0n) is 16.2. The highest BCUT2D eigenvalue weighted by atomic mass is 16.4. The monoisotopic (exact) mass is 396 g/mol. The molecule has 2 aliphatic rings. The molecule has 3 heterocycles. The molecular formula is C21H24N4O4. The zero-order valence-corrected chi connectivity index (χ0v) is 16.2. The summed E-state index contributed by atoms with van der Waals surface area (Å²) >= 11 is 0. The lowest BCUT2D eigenvalue weighted by atomic mass is 10.0. The Bertz CT molecular complexity index is 840. The predicted molar refractivity (Wildman–Crippen MR) is 109 cm³/mol. The van der Waals surface area contributed by atoms with Crippen LogP contribution in [0.2, 0.25) is 0 Å². The van der Waals surface area contributed by atoms with Crippen molar-refractivity contribution >= 4 is 17.8 Å². The lowest BCUT2D eigenvalue weighted by Crippen LogP contribution is -2.27. The molecule has 0 aliphatic carbocycles. The van der Waals surface area contributed by atoms with Gasteiger partial charge in [-0.25, -0.2) is 9.59 Å². The minimum atomic E-state index is -1.26. The molecule has 0 bridgehead atoms. The van der Waals surface area contributed by atoms with Gasteiger partial charge in [0.2, 0.25) is 0 Å². The molecule has 0 saturated carbocycles. The second-order valence-electron chi connectivity index (χ2n) is 7.30. The summed E-state index contributed by atoms with van der Waals surface area (Å²) < 4.78 is 0. The van der Waals surface area contributed by atoms with Crippen LogP contribution in [-0.2, 0) is 9.59 Å². The van der Waals surface area contributed by atoms with Crippen molar-refractivity contribution in [1.29, 1.82) is 0 Å². The first kappa shape index (κ1) is 20.5. The van der Waals surface area contributed by atoms with Crippen LogP contribution in [0.1, 0.15) is 0 Å². The maximum atomic E-state index is 9.55. The van der Waals surface area contributed by atoms with Crippen molar-refractivity contribution in [2.75, 3.05) is 38.1 Å². The molecule has 0 amide bonds. The quantitative estimate of drug-likeness (QED) is 0.754. The van der Waals surface area contributed by atoms with Crippen LogP contribution in [0.4, 0.5) is 5.82 Å². The fourth-order valence-electron chi connectivity index (χ4n) is 3.81. The summed E-state index contributed by atoms with van der Waals surface area (Å²) in [6.07, 6.45) is 1.12. The van der Waals surface area contributed by atoms with E-state index in [1.165, 1.54) is 13.1 Å². The molecular weight excluding hydrogens is 372 g/mol. The number of hydrogen-bond donors (Lipinski definition) is 2. The first-order valence-electron chi connectivity index (χ1n) is 9.39. The third-order valence-electron chi connectivity index (χ3n) is 5.08. The second kappa shape index (κ2) is 9.29. The molecule has 0 radical (unpaired) electrons. The third kappa shape index (κ3) is 5.61. The lowest BCUT2D eigenvalue weighted by molar-refractivity contribution is -0.134. The van der Waals surface area contributed by atoms with Crippen molar-refractivity contribution in [3.8, 4) is 11.3 Å². The standard InChI is InChI=1S/C17H20N4.C4H4O4/c1-20-9-14-11-21(12-15(14)10-20)17-8-7-16(18-19-17)13-5-3-2-4-6-13;5-3(6)1-2-4(7)8/h2-8,14-15H,9-12H2,1H3;1-2H,(H,5,6)(H,7,8)/b;2-1+/t14-,15+;. The highest BCUT2D eigenvalue weighted by molar-refractivity contribution is 5.89. The summed E-state index contributed by atoms with van der Waals surface area (Å²) in [5.41, 5.74) is 2.06. The van der Waals surface area contributed by atoms with E-state index in [1.807, 2.05) is 18.2 Å². The van der Waals surface area contributed by atoms with Crippen LogP contribution in [0.3, 0.4) is 0 Å². The van der Waals surface area contributed by atoms with Crippen molar-refractivity contribution in [2.45, 2.75) is 0 Å². The first-order chi connectivity index (χ1) is 13.9. The Balaban J connectivity index is 0.000000258. The van der Waals surface area contributed by atoms with Gasteiger partial charge >= 0.3 is 11.9 Å². The Labute approximate surface area is 169 Å². The van der Waals surface area contributed by atoms with E-state index >= 15 is 0 Å². The number of anilines is 1. The number of likely N-dealkylation sites (tertiary alicyclic amines) is 1. The number of carboxylic acid groups (broad SMARTS) is 2. The number of aliphatic carboxylic acids is 2.